The molecule has 0 radical (unpaired) electrons. The van der Waals surface area contributed by atoms with E-state index in [4.69, 9.17) is 27.1 Å². The molecule has 176 valence electrons. The number of guanidine groups is 1. The van der Waals surface area contributed by atoms with Gasteiger partial charge in [-0.05, 0) is 55.0 Å². The minimum Gasteiger partial charge on any atom is -0.435 e. The van der Waals surface area contributed by atoms with Crippen molar-refractivity contribution >= 4 is 23.5 Å². The summed E-state index contributed by atoms with van der Waals surface area (Å²) in [6, 6.07) is 12.1. The van der Waals surface area contributed by atoms with Crippen molar-refractivity contribution < 1.29 is 23.0 Å². The number of alkyl halides is 2. The summed E-state index contributed by atoms with van der Waals surface area (Å²) in [6.07, 6.45) is 2.11. The van der Waals surface area contributed by atoms with E-state index >= 15 is 0 Å². The van der Waals surface area contributed by atoms with Crippen molar-refractivity contribution in [2.45, 2.75) is 50.8 Å². The zero-order valence-corrected chi connectivity index (χ0v) is 19.0. The molecule has 1 amide bonds. The second-order valence-corrected chi connectivity index (χ2v) is 8.88. The number of rotatable bonds is 6. The van der Waals surface area contributed by atoms with Crippen LogP contribution in [-0.4, -0.2) is 42.6 Å². The highest BCUT2D eigenvalue weighted by molar-refractivity contribution is 6.32. The van der Waals surface area contributed by atoms with Crippen molar-refractivity contribution in [2.75, 3.05) is 13.2 Å². The average molecular weight is 478 g/mol. The number of amides is 1. The maximum atomic E-state index is 13.1. The second-order valence-electron chi connectivity index (χ2n) is 8.51. The van der Waals surface area contributed by atoms with Gasteiger partial charge in [-0.2, -0.15) is 8.78 Å². The van der Waals surface area contributed by atoms with Gasteiger partial charge in [0.1, 0.15) is 5.75 Å². The minimum atomic E-state index is -2.86. The van der Waals surface area contributed by atoms with Crippen LogP contribution in [0.4, 0.5) is 8.78 Å². The standard InChI is InChI=1S/C24H26ClF2N3O3/c1-24(14-20(31)30(23(28)29-24)17-9-11-32-12-10-17)19-4-2-3-16(21(19)25)13-15-5-7-18(8-6-15)33-22(26)27/h2-8,17,22H,9-14H2,1H3,(H2,28,29)/t24-/m0/s1. The van der Waals surface area contributed by atoms with Crippen molar-refractivity contribution in [3.05, 3.63) is 64.2 Å². The molecule has 1 atom stereocenters. The first kappa shape index (κ1) is 23.4. The lowest BCUT2D eigenvalue weighted by atomic mass is 9.85. The largest absolute Gasteiger partial charge is 0.435 e. The Labute approximate surface area is 196 Å². The van der Waals surface area contributed by atoms with Crippen LogP contribution in [-0.2, 0) is 21.5 Å². The predicted molar refractivity (Wildman–Crippen MR) is 122 cm³/mol. The van der Waals surface area contributed by atoms with E-state index in [9.17, 15) is 13.6 Å². The van der Waals surface area contributed by atoms with Crippen molar-refractivity contribution in [3.8, 4) is 5.75 Å². The quantitative estimate of drug-likeness (QED) is 0.665. The monoisotopic (exact) mass is 477 g/mol. The van der Waals surface area contributed by atoms with Gasteiger partial charge in [0.25, 0.3) is 0 Å². The summed E-state index contributed by atoms with van der Waals surface area (Å²) in [7, 11) is 0. The number of carbonyl (C=O) groups excluding carboxylic acids is 1. The van der Waals surface area contributed by atoms with Crippen LogP contribution in [0, 0.1) is 0 Å². The number of benzene rings is 2. The van der Waals surface area contributed by atoms with Crippen molar-refractivity contribution in [1.82, 2.24) is 4.90 Å². The summed E-state index contributed by atoms with van der Waals surface area (Å²) in [5.41, 5.74) is 7.84. The first-order chi connectivity index (χ1) is 15.8. The lowest BCUT2D eigenvalue weighted by Gasteiger charge is -2.40. The number of nitrogens with zero attached hydrogens (tertiary/aromatic N) is 2. The van der Waals surface area contributed by atoms with Crippen LogP contribution in [0.25, 0.3) is 0 Å². The molecule has 0 bridgehead atoms. The van der Waals surface area contributed by atoms with Crippen LogP contribution in [0.15, 0.2) is 47.5 Å². The maximum absolute atomic E-state index is 13.1. The van der Waals surface area contributed by atoms with Crippen LogP contribution >= 0.6 is 11.6 Å². The maximum Gasteiger partial charge on any atom is 0.387 e. The molecule has 0 aromatic heterocycles. The van der Waals surface area contributed by atoms with Crippen LogP contribution in [0.5, 0.6) is 5.75 Å². The topological polar surface area (TPSA) is 77.1 Å². The zero-order chi connectivity index (χ0) is 23.6. The molecule has 9 heteroatoms. The second kappa shape index (κ2) is 9.65. The first-order valence-corrected chi connectivity index (χ1v) is 11.2. The summed E-state index contributed by atoms with van der Waals surface area (Å²) in [4.78, 5) is 19.4. The van der Waals surface area contributed by atoms with Gasteiger partial charge in [0, 0.05) is 24.3 Å². The summed E-state index contributed by atoms with van der Waals surface area (Å²) >= 11 is 6.79. The van der Waals surface area contributed by atoms with E-state index in [1.54, 1.807) is 17.0 Å². The highest BCUT2D eigenvalue weighted by Gasteiger charge is 2.41. The number of nitrogens with two attached hydrogens (primary N) is 1. The van der Waals surface area contributed by atoms with Gasteiger partial charge in [-0.25, -0.2) is 4.99 Å². The zero-order valence-electron chi connectivity index (χ0n) is 18.3. The number of aliphatic imine (C=N–C) groups is 1. The van der Waals surface area contributed by atoms with E-state index in [2.05, 4.69) is 4.74 Å². The number of hydrogen-bond donors (Lipinski definition) is 1. The normalized spacial score (nSPS) is 21.9. The Morgan fingerprint density at radius 2 is 1.94 bits per heavy atom. The van der Waals surface area contributed by atoms with Gasteiger partial charge >= 0.3 is 6.61 Å². The molecular weight excluding hydrogens is 452 g/mol. The van der Waals surface area contributed by atoms with E-state index in [1.807, 2.05) is 25.1 Å². The average Bonchev–Trinajstić information content (AvgIpc) is 2.76. The van der Waals surface area contributed by atoms with E-state index in [-0.39, 0.29) is 30.1 Å². The SMILES string of the molecule is C[C@@]1(c2cccc(Cc3ccc(OC(F)F)cc3)c2Cl)CC(=O)N(C2CCOCC2)C(N)=N1. The summed E-state index contributed by atoms with van der Waals surface area (Å²) in [5, 5.41) is 0.511. The Hall–Kier alpha value is -2.71. The van der Waals surface area contributed by atoms with Crippen LogP contribution < -0.4 is 10.5 Å². The Morgan fingerprint density at radius 3 is 2.58 bits per heavy atom. The number of halogens is 3. The fourth-order valence-corrected chi connectivity index (χ4v) is 4.88. The smallest absolute Gasteiger partial charge is 0.387 e. The molecule has 2 aliphatic rings. The van der Waals surface area contributed by atoms with Gasteiger partial charge in [0.2, 0.25) is 5.91 Å². The van der Waals surface area contributed by atoms with Gasteiger partial charge < -0.3 is 15.2 Å². The van der Waals surface area contributed by atoms with Crippen LogP contribution in [0.1, 0.15) is 42.9 Å². The molecule has 0 aliphatic carbocycles. The number of carbonyl (C=O) groups is 1. The summed E-state index contributed by atoms with van der Waals surface area (Å²) < 4.78 is 34.5. The molecule has 2 aliphatic heterocycles. The third kappa shape index (κ3) is 5.12. The molecule has 1 fully saturated rings. The molecule has 33 heavy (non-hydrogen) atoms. The Bertz CT molecular complexity index is 1040. The Balaban J connectivity index is 1.57. The van der Waals surface area contributed by atoms with Crippen LogP contribution in [0.3, 0.4) is 0 Å². The summed E-state index contributed by atoms with van der Waals surface area (Å²) in [5.74, 6) is 0.227. The summed E-state index contributed by atoms with van der Waals surface area (Å²) in [6.45, 7) is 0.196. The van der Waals surface area contributed by atoms with E-state index in [1.165, 1.54) is 12.1 Å². The number of hydrogen-bond acceptors (Lipinski definition) is 5. The molecule has 0 unspecified atom stereocenters. The van der Waals surface area contributed by atoms with Gasteiger partial charge in [-0.1, -0.05) is 41.9 Å². The molecule has 0 saturated carbocycles. The lowest BCUT2D eigenvalue weighted by molar-refractivity contribution is -0.132. The van der Waals surface area contributed by atoms with Crippen molar-refractivity contribution in [3.63, 3.8) is 0 Å². The van der Waals surface area contributed by atoms with Gasteiger partial charge in [-0.3, -0.25) is 9.69 Å². The molecule has 2 aromatic rings. The van der Waals surface area contributed by atoms with Crippen molar-refractivity contribution in [1.29, 1.82) is 0 Å². The lowest BCUT2D eigenvalue weighted by Crippen LogP contribution is -2.55. The van der Waals surface area contributed by atoms with Gasteiger partial charge in [0.05, 0.1) is 12.0 Å². The first-order valence-electron chi connectivity index (χ1n) is 10.8. The molecule has 0 spiro atoms. The molecular formula is C24H26ClF2N3O3. The third-order valence-corrected chi connectivity index (χ3v) is 6.58. The molecule has 1 saturated heterocycles. The third-order valence-electron chi connectivity index (χ3n) is 6.13. The van der Waals surface area contributed by atoms with E-state index < -0.39 is 12.2 Å². The van der Waals surface area contributed by atoms with Crippen LogP contribution in [0.2, 0.25) is 5.02 Å². The molecule has 6 nitrogen and oxygen atoms in total. The van der Waals surface area contributed by atoms with Gasteiger partial charge in [-0.15, -0.1) is 0 Å². The Kier molecular flexibility index (Phi) is 6.86. The number of ether oxygens (including phenoxy) is 2. The molecule has 2 N–H and O–H groups in total. The van der Waals surface area contributed by atoms with Crippen molar-refractivity contribution in [2.24, 2.45) is 10.7 Å². The van der Waals surface area contributed by atoms with E-state index in [0.717, 1.165) is 29.5 Å². The predicted octanol–water partition coefficient (Wildman–Crippen LogP) is 4.47. The fraction of sp³-hybridized carbons (Fsp3) is 0.417. The van der Waals surface area contributed by atoms with Gasteiger partial charge in [0.15, 0.2) is 5.96 Å². The fourth-order valence-electron chi connectivity index (χ4n) is 4.48. The van der Waals surface area contributed by atoms with E-state index in [0.29, 0.717) is 24.7 Å². The minimum absolute atomic E-state index is 0.00150. The highest BCUT2D eigenvalue weighted by atomic mass is 35.5. The Morgan fingerprint density at radius 1 is 1.24 bits per heavy atom. The molecule has 4 rings (SSSR count). The highest BCUT2D eigenvalue weighted by Crippen LogP contribution is 2.40. The molecule has 2 aromatic carbocycles. The molecule has 2 heterocycles.